The molecule has 20 heavy (non-hydrogen) atoms. The Morgan fingerprint density at radius 1 is 1.20 bits per heavy atom. The Hall–Kier alpha value is -1.26. The van der Waals surface area contributed by atoms with E-state index in [-0.39, 0.29) is 5.91 Å². The highest BCUT2D eigenvalue weighted by Gasteiger charge is 2.45. The Morgan fingerprint density at radius 2 is 1.85 bits per heavy atom. The molecule has 1 heterocycles. The minimum atomic E-state index is -0.556. The van der Waals surface area contributed by atoms with E-state index in [9.17, 15) is 9.59 Å². The number of anilines is 1. The quantitative estimate of drug-likeness (QED) is 0.921. The Balaban J connectivity index is 2.44. The summed E-state index contributed by atoms with van der Waals surface area (Å²) in [6.45, 7) is 4.27. The summed E-state index contributed by atoms with van der Waals surface area (Å²) >= 11 is 11.8. The lowest BCUT2D eigenvalue weighted by Gasteiger charge is -2.39. The number of hydrogen-bond donors (Lipinski definition) is 1. The van der Waals surface area contributed by atoms with Crippen LogP contribution in [0.5, 0.6) is 0 Å². The maximum atomic E-state index is 12.7. The van der Waals surface area contributed by atoms with Gasteiger partial charge in [-0.05, 0) is 31.0 Å². The molecule has 0 aromatic heterocycles. The van der Waals surface area contributed by atoms with E-state index in [0.29, 0.717) is 35.1 Å². The van der Waals surface area contributed by atoms with E-state index in [1.54, 1.807) is 12.1 Å². The highest BCUT2D eigenvalue weighted by atomic mass is 35.5. The van der Waals surface area contributed by atoms with Gasteiger partial charge >= 0.3 is 6.03 Å². The molecule has 4 nitrogen and oxygen atoms in total. The molecule has 3 amide bonds. The number of nitrogens with zero attached hydrogens (tertiary/aromatic N) is 1. The number of urea groups is 1. The van der Waals surface area contributed by atoms with Crippen LogP contribution in [-0.4, -0.2) is 18.5 Å². The van der Waals surface area contributed by atoms with Crippen LogP contribution in [0.3, 0.4) is 0 Å². The van der Waals surface area contributed by atoms with Gasteiger partial charge in [0.1, 0.15) is 0 Å². The van der Waals surface area contributed by atoms with Crippen molar-refractivity contribution >= 4 is 40.8 Å². The van der Waals surface area contributed by atoms with Gasteiger partial charge in [0.15, 0.2) is 0 Å². The van der Waals surface area contributed by atoms with Crippen molar-refractivity contribution in [3.63, 3.8) is 0 Å². The van der Waals surface area contributed by atoms with Gasteiger partial charge in [0.05, 0.1) is 21.1 Å². The second-order valence-corrected chi connectivity index (χ2v) is 5.70. The fourth-order valence-corrected chi connectivity index (χ4v) is 2.68. The van der Waals surface area contributed by atoms with Gasteiger partial charge < -0.3 is 5.32 Å². The largest absolute Gasteiger partial charge is 0.336 e. The lowest BCUT2D eigenvalue weighted by Crippen LogP contribution is -2.60. The van der Waals surface area contributed by atoms with Crippen molar-refractivity contribution in [1.82, 2.24) is 5.32 Å². The molecule has 1 N–H and O–H groups in total. The van der Waals surface area contributed by atoms with Crippen molar-refractivity contribution in [3.05, 3.63) is 28.2 Å². The molecule has 0 radical (unpaired) electrons. The Labute approximate surface area is 128 Å². The Bertz CT molecular complexity index is 556. The molecule has 1 saturated heterocycles. The second kappa shape index (κ2) is 5.62. The topological polar surface area (TPSA) is 49.4 Å². The van der Waals surface area contributed by atoms with E-state index in [4.69, 9.17) is 23.2 Å². The summed E-state index contributed by atoms with van der Waals surface area (Å²) in [6.07, 6.45) is 1.33. The number of carbonyl (C=O) groups is 2. The minimum Gasteiger partial charge on any atom is -0.336 e. The zero-order chi connectivity index (χ0) is 14.9. The monoisotopic (exact) mass is 314 g/mol. The van der Waals surface area contributed by atoms with E-state index in [1.165, 1.54) is 6.07 Å². The first kappa shape index (κ1) is 15.1. The number of hydrogen-bond acceptors (Lipinski definition) is 2. The normalized spacial score (nSPS) is 18.1. The zero-order valence-corrected chi connectivity index (χ0v) is 12.9. The SMILES string of the molecule is CCC1(CC)CNC(=O)N(c2ccc(Cl)c(Cl)c2)C1=O. The molecule has 108 valence electrons. The van der Waals surface area contributed by atoms with E-state index in [2.05, 4.69) is 5.32 Å². The third-order valence-corrected chi connectivity index (χ3v) is 4.69. The van der Waals surface area contributed by atoms with Gasteiger partial charge in [-0.15, -0.1) is 0 Å². The van der Waals surface area contributed by atoms with Gasteiger partial charge in [0.25, 0.3) is 0 Å². The maximum absolute atomic E-state index is 12.7. The molecule has 1 aromatic rings. The zero-order valence-electron chi connectivity index (χ0n) is 11.4. The predicted molar refractivity (Wildman–Crippen MR) is 80.4 cm³/mol. The average Bonchev–Trinajstić information content (AvgIpc) is 2.44. The molecule has 0 spiro atoms. The lowest BCUT2D eigenvalue weighted by atomic mass is 9.79. The fraction of sp³-hybridized carbons (Fsp3) is 0.429. The molecule has 0 bridgehead atoms. The van der Waals surface area contributed by atoms with Crippen LogP contribution in [0, 0.1) is 5.41 Å². The van der Waals surface area contributed by atoms with E-state index < -0.39 is 11.4 Å². The first-order chi connectivity index (χ1) is 9.45. The van der Waals surface area contributed by atoms with Crippen molar-refractivity contribution in [2.75, 3.05) is 11.4 Å². The van der Waals surface area contributed by atoms with Gasteiger partial charge in [0.2, 0.25) is 5.91 Å². The number of imide groups is 1. The molecular formula is C14H16Cl2N2O2. The van der Waals surface area contributed by atoms with E-state index in [0.717, 1.165) is 4.90 Å². The summed E-state index contributed by atoms with van der Waals surface area (Å²) in [6, 6.07) is 4.30. The first-order valence-electron chi connectivity index (χ1n) is 6.52. The standard InChI is InChI=1S/C14H16Cl2N2O2/c1-3-14(4-2)8-17-13(20)18(12(14)19)9-5-6-10(15)11(16)7-9/h5-7H,3-4,8H2,1-2H3,(H,17,20). The number of amides is 3. The third-order valence-electron chi connectivity index (χ3n) is 3.95. The first-order valence-corrected chi connectivity index (χ1v) is 7.28. The second-order valence-electron chi connectivity index (χ2n) is 4.89. The highest BCUT2D eigenvalue weighted by Crippen LogP contribution is 2.35. The average molecular weight is 315 g/mol. The summed E-state index contributed by atoms with van der Waals surface area (Å²) in [4.78, 5) is 25.9. The molecule has 1 aliphatic heterocycles. The van der Waals surface area contributed by atoms with Crippen molar-refractivity contribution in [2.45, 2.75) is 26.7 Å². The van der Waals surface area contributed by atoms with Crippen molar-refractivity contribution < 1.29 is 9.59 Å². The van der Waals surface area contributed by atoms with Gasteiger partial charge in [-0.1, -0.05) is 37.0 Å². The number of benzene rings is 1. The van der Waals surface area contributed by atoms with E-state index in [1.807, 2.05) is 13.8 Å². The molecule has 1 aromatic carbocycles. The van der Waals surface area contributed by atoms with Crippen LogP contribution in [-0.2, 0) is 4.79 Å². The predicted octanol–water partition coefficient (Wildman–Crippen LogP) is 3.86. The Morgan fingerprint density at radius 3 is 2.40 bits per heavy atom. The van der Waals surface area contributed by atoms with Gasteiger partial charge in [0, 0.05) is 6.54 Å². The molecule has 0 unspecified atom stereocenters. The molecule has 0 aliphatic carbocycles. The van der Waals surface area contributed by atoms with Crippen LogP contribution >= 0.6 is 23.2 Å². The highest BCUT2D eigenvalue weighted by molar-refractivity contribution is 6.42. The molecule has 6 heteroatoms. The van der Waals surface area contributed by atoms with Gasteiger partial charge in [-0.2, -0.15) is 0 Å². The van der Waals surface area contributed by atoms with Crippen molar-refractivity contribution in [2.24, 2.45) is 5.41 Å². The number of rotatable bonds is 3. The van der Waals surface area contributed by atoms with Crippen LogP contribution < -0.4 is 10.2 Å². The van der Waals surface area contributed by atoms with E-state index >= 15 is 0 Å². The van der Waals surface area contributed by atoms with Crippen LogP contribution in [0.15, 0.2) is 18.2 Å². The minimum absolute atomic E-state index is 0.190. The number of halogens is 2. The summed E-state index contributed by atoms with van der Waals surface area (Å²) in [5.74, 6) is -0.190. The summed E-state index contributed by atoms with van der Waals surface area (Å²) in [5, 5.41) is 3.48. The Kier molecular flexibility index (Phi) is 4.25. The maximum Gasteiger partial charge on any atom is 0.328 e. The van der Waals surface area contributed by atoms with Crippen LogP contribution in [0.25, 0.3) is 0 Å². The number of carbonyl (C=O) groups excluding carboxylic acids is 2. The fourth-order valence-electron chi connectivity index (χ4n) is 2.39. The van der Waals surface area contributed by atoms with Crippen LogP contribution in [0.4, 0.5) is 10.5 Å². The van der Waals surface area contributed by atoms with Crippen molar-refractivity contribution in [1.29, 1.82) is 0 Å². The third kappa shape index (κ3) is 2.38. The number of nitrogens with one attached hydrogen (secondary N) is 1. The van der Waals surface area contributed by atoms with Crippen LogP contribution in [0.2, 0.25) is 10.0 Å². The molecular weight excluding hydrogens is 299 g/mol. The lowest BCUT2D eigenvalue weighted by molar-refractivity contribution is -0.128. The van der Waals surface area contributed by atoms with Crippen LogP contribution in [0.1, 0.15) is 26.7 Å². The molecule has 0 saturated carbocycles. The molecule has 2 rings (SSSR count). The summed E-state index contributed by atoms with van der Waals surface area (Å²) < 4.78 is 0. The summed E-state index contributed by atoms with van der Waals surface area (Å²) in [7, 11) is 0. The smallest absolute Gasteiger partial charge is 0.328 e. The molecule has 1 aliphatic rings. The summed E-state index contributed by atoms with van der Waals surface area (Å²) in [5.41, 5.74) is -0.118. The van der Waals surface area contributed by atoms with Gasteiger partial charge in [-0.25, -0.2) is 9.69 Å². The molecule has 0 atom stereocenters. The molecule has 1 fully saturated rings. The van der Waals surface area contributed by atoms with Gasteiger partial charge in [-0.3, -0.25) is 4.79 Å². The van der Waals surface area contributed by atoms with Crippen molar-refractivity contribution in [3.8, 4) is 0 Å².